The van der Waals surface area contributed by atoms with Crippen molar-refractivity contribution in [2.75, 3.05) is 0 Å². The fourth-order valence-electron chi connectivity index (χ4n) is 2.80. The number of aromatic nitrogens is 1. The Morgan fingerprint density at radius 1 is 1.16 bits per heavy atom. The minimum Gasteiger partial charge on any atom is -0.348 e. The number of nitrogens with two attached hydrogens (primary N) is 1. The van der Waals surface area contributed by atoms with E-state index in [4.69, 9.17) is 5.73 Å². The third-order valence-electron chi connectivity index (χ3n) is 4.03. The van der Waals surface area contributed by atoms with Crippen molar-refractivity contribution in [3.8, 4) is 0 Å². The van der Waals surface area contributed by atoms with Crippen LogP contribution in [-0.2, 0) is 13.5 Å². The Bertz CT molecular complexity index is 558. The molecule has 0 aliphatic heterocycles. The maximum absolute atomic E-state index is 6.04. The van der Waals surface area contributed by atoms with Gasteiger partial charge in [0.1, 0.15) is 0 Å². The first-order valence-corrected chi connectivity index (χ1v) is 7.22. The molecule has 2 aromatic rings. The molecule has 1 aromatic carbocycles. The van der Waals surface area contributed by atoms with Crippen molar-refractivity contribution in [2.45, 2.75) is 52.0 Å². The first-order chi connectivity index (χ1) is 8.90. The van der Waals surface area contributed by atoms with Crippen LogP contribution < -0.4 is 5.73 Å². The van der Waals surface area contributed by atoms with Crippen molar-refractivity contribution in [3.05, 3.63) is 35.5 Å². The quantitative estimate of drug-likeness (QED) is 0.809. The minimum absolute atomic E-state index is 0.0339. The average molecular weight is 258 g/mol. The Hall–Kier alpha value is -1.28. The predicted octanol–water partition coefficient (Wildman–Crippen LogP) is 3.94. The molecular formula is C17H26N2. The average Bonchev–Trinajstić information content (AvgIpc) is 2.58. The predicted molar refractivity (Wildman–Crippen MR) is 83.5 cm³/mol. The molecule has 2 heteroatoms. The van der Waals surface area contributed by atoms with Gasteiger partial charge in [0.25, 0.3) is 0 Å². The Balaban J connectivity index is 2.11. The van der Waals surface area contributed by atoms with Crippen molar-refractivity contribution in [2.24, 2.45) is 12.8 Å². The van der Waals surface area contributed by atoms with E-state index in [1.165, 1.54) is 35.0 Å². The van der Waals surface area contributed by atoms with Crippen LogP contribution in [0.15, 0.2) is 24.3 Å². The molecule has 0 spiro atoms. The molecule has 104 valence electrons. The van der Waals surface area contributed by atoms with Crippen LogP contribution in [0.4, 0.5) is 0 Å². The van der Waals surface area contributed by atoms with Gasteiger partial charge in [0.05, 0.1) is 0 Å². The third kappa shape index (κ3) is 3.19. The lowest BCUT2D eigenvalue weighted by atomic mass is 9.96. The highest BCUT2D eigenvalue weighted by Gasteiger charge is 2.12. The lowest BCUT2D eigenvalue weighted by molar-refractivity contribution is 0.450. The van der Waals surface area contributed by atoms with Gasteiger partial charge >= 0.3 is 0 Å². The van der Waals surface area contributed by atoms with Gasteiger partial charge in [-0.1, -0.05) is 24.6 Å². The molecule has 0 aliphatic rings. The summed E-state index contributed by atoms with van der Waals surface area (Å²) in [5.41, 5.74) is 10.2. The zero-order valence-corrected chi connectivity index (χ0v) is 12.7. The lowest BCUT2D eigenvalue weighted by Gasteiger charge is -2.17. The van der Waals surface area contributed by atoms with E-state index >= 15 is 0 Å². The number of para-hydroxylation sites is 1. The molecule has 0 fully saturated rings. The number of fused-ring (bicyclic) bond motifs is 1. The molecule has 0 unspecified atom stereocenters. The van der Waals surface area contributed by atoms with Crippen LogP contribution in [0.5, 0.6) is 0 Å². The second-order valence-corrected chi connectivity index (χ2v) is 6.34. The topological polar surface area (TPSA) is 30.9 Å². The maximum Gasteiger partial charge on any atom is 0.0482 e. The summed E-state index contributed by atoms with van der Waals surface area (Å²) in [4.78, 5) is 0. The van der Waals surface area contributed by atoms with Crippen molar-refractivity contribution < 1.29 is 0 Å². The van der Waals surface area contributed by atoms with Crippen molar-refractivity contribution >= 4 is 10.9 Å². The fourth-order valence-corrected chi connectivity index (χ4v) is 2.80. The summed E-state index contributed by atoms with van der Waals surface area (Å²) in [5.74, 6) is 0. The molecule has 0 atom stereocenters. The third-order valence-corrected chi connectivity index (χ3v) is 4.03. The van der Waals surface area contributed by atoms with Gasteiger partial charge in [0, 0.05) is 29.2 Å². The van der Waals surface area contributed by atoms with Crippen LogP contribution in [-0.4, -0.2) is 10.1 Å². The van der Waals surface area contributed by atoms with Gasteiger partial charge in [-0.25, -0.2) is 0 Å². The summed E-state index contributed by atoms with van der Waals surface area (Å²) in [6, 6.07) is 8.69. The number of nitrogens with zero attached hydrogens (tertiary/aromatic N) is 1. The molecule has 0 aliphatic carbocycles. The molecule has 0 saturated heterocycles. The van der Waals surface area contributed by atoms with E-state index in [2.05, 4.69) is 56.7 Å². The summed E-state index contributed by atoms with van der Waals surface area (Å²) >= 11 is 0. The maximum atomic E-state index is 6.04. The van der Waals surface area contributed by atoms with Crippen LogP contribution in [0.3, 0.4) is 0 Å². The van der Waals surface area contributed by atoms with E-state index in [1.54, 1.807) is 0 Å². The molecule has 0 bridgehead atoms. The summed E-state index contributed by atoms with van der Waals surface area (Å²) in [6.45, 7) is 6.44. The highest BCUT2D eigenvalue weighted by molar-refractivity contribution is 5.85. The van der Waals surface area contributed by atoms with E-state index in [0.29, 0.717) is 0 Å². The first-order valence-electron chi connectivity index (χ1n) is 7.22. The molecule has 0 saturated carbocycles. The molecular weight excluding hydrogens is 232 g/mol. The molecule has 0 amide bonds. The molecule has 19 heavy (non-hydrogen) atoms. The van der Waals surface area contributed by atoms with Gasteiger partial charge in [-0.05, 0) is 51.7 Å². The van der Waals surface area contributed by atoms with Crippen LogP contribution in [0.1, 0.15) is 44.4 Å². The van der Waals surface area contributed by atoms with Crippen molar-refractivity contribution in [1.82, 2.24) is 4.57 Å². The number of rotatable bonds is 5. The Labute approximate surface area is 116 Å². The highest BCUT2D eigenvalue weighted by atomic mass is 14.9. The van der Waals surface area contributed by atoms with E-state index < -0.39 is 0 Å². The number of benzene rings is 1. The zero-order valence-electron chi connectivity index (χ0n) is 12.7. The summed E-state index contributed by atoms with van der Waals surface area (Å²) < 4.78 is 2.30. The molecule has 1 heterocycles. The number of aryl methyl sites for hydroxylation is 2. The van der Waals surface area contributed by atoms with Crippen LogP contribution >= 0.6 is 0 Å². The van der Waals surface area contributed by atoms with Gasteiger partial charge in [0.15, 0.2) is 0 Å². The van der Waals surface area contributed by atoms with Crippen molar-refractivity contribution in [1.29, 1.82) is 0 Å². The van der Waals surface area contributed by atoms with E-state index in [0.717, 1.165) is 12.8 Å². The molecule has 0 radical (unpaired) electrons. The zero-order chi connectivity index (χ0) is 14.0. The first kappa shape index (κ1) is 14.1. The highest BCUT2D eigenvalue weighted by Crippen LogP contribution is 2.26. The van der Waals surface area contributed by atoms with Gasteiger partial charge in [-0.15, -0.1) is 0 Å². The van der Waals surface area contributed by atoms with E-state index in [9.17, 15) is 0 Å². The molecule has 2 rings (SSSR count). The second kappa shape index (κ2) is 5.38. The van der Waals surface area contributed by atoms with Crippen LogP contribution in [0.25, 0.3) is 10.9 Å². The van der Waals surface area contributed by atoms with E-state index in [1.807, 2.05) is 0 Å². The van der Waals surface area contributed by atoms with Gasteiger partial charge in [0.2, 0.25) is 0 Å². The van der Waals surface area contributed by atoms with Crippen molar-refractivity contribution in [3.63, 3.8) is 0 Å². The standard InChI is InChI=1S/C17H26N2/c1-13-14(9-7-8-12-17(2,3)18)15-10-5-6-11-16(15)19(13)4/h5-6,10-11H,7-9,12,18H2,1-4H3. The minimum atomic E-state index is -0.0339. The number of unbranched alkanes of at least 4 members (excludes halogenated alkanes) is 1. The molecule has 2 N–H and O–H groups in total. The van der Waals surface area contributed by atoms with Crippen LogP contribution in [0, 0.1) is 6.92 Å². The van der Waals surface area contributed by atoms with Gasteiger partial charge in [-0.2, -0.15) is 0 Å². The monoisotopic (exact) mass is 258 g/mol. The Morgan fingerprint density at radius 2 is 1.84 bits per heavy atom. The fraction of sp³-hybridized carbons (Fsp3) is 0.529. The molecule has 2 nitrogen and oxygen atoms in total. The summed E-state index contributed by atoms with van der Waals surface area (Å²) in [5, 5.41) is 1.41. The number of hydrogen-bond donors (Lipinski definition) is 1. The number of hydrogen-bond acceptors (Lipinski definition) is 1. The molecule has 1 aromatic heterocycles. The van der Waals surface area contributed by atoms with Gasteiger partial charge < -0.3 is 10.3 Å². The lowest BCUT2D eigenvalue weighted by Crippen LogP contribution is -2.31. The smallest absolute Gasteiger partial charge is 0.0482 e. The Morgan fingerprint density at radius 3 is 2.53 bits per heavy atom. The van der Waals surface area contributed by atoms with Gasteiger partial charge in [-0.3, -0.25) is 0 Å². The van der Waals surface area contributed by atoms with E-state index in [-0.39, 0.29) is 5.54 Å². The second-order valence-electron chi connectivity index (χ2n) is 6.34. The Kier molecular flexibility index (Phi) is 4.00. The SMILES string of the molecule is Cc1c(CCCCC(C)(C)N)c2ccccc2n1C. The largest absolute Gasteiger partial charge is 0.348 e. The normalized spacial score (nSPS) is 12.3. The van der Waals surface area contributed by atoms with Crippen LogP contribution in [0.2, 0.25) is 0 Å². The summed E-state index contributed by atoms with van der Waals surface area (Å²) in [7, 11) is 2.16. The summed E-state index contributed by atoms with van der Waals surface area (Å²) in [6.07, 6.45) is 4.67.